The monoisotopic (exact) mass is 222 g/mol. The van der Waals surface area contributed by atoms with Gasteiger partial charge in [-0.25, -0.2) is 4.58 Å². The van der Waals surface area contributed by atoms with E-state index in [2.05, 4.69) is 58.4 Å². The van der Waals surface area contributed by atoms with E-state index in [0.717, 1.165) is 0 Å². The fraction of sp³-hybridized carbons (Fsp3) is 0.800. The highest BCUT2D eigenvalue weighted by molar-refractivity contribution is 5.85. The normalized spacial score (nSPS) is 26.1. The molecule has 0 aromatic rings. The molecule has 16 heavy (non-hydrogen) atoms. The van der Waals surface area contributed by atoms with Gasteiger partial charge in [0.1, 0.15) is 0 Å². The summed E-state index contributed by atoms with van der Waals surface area (Å²) in [6, 6.07) is 0. The molecule has 1 heteroatoms. The van der Waals surface area contributed by atoms with Gasteiger partial charge in [-0.2, -0.15) is 0 Å². The Labute approximate surface area is 101 Å². The third-order valence-corrected chi connectivity index (χ3v) is 3.17. The van der Waals surface area contributed by atoms with Crippen molar-refractivity contribution in [2.24, 2.45) is 5.41 Å². The van der Waals surface area contributed by atoms with E-state index in [1.54, 1.807) is 5.71 Å². The highest BCUT2D eigenvalue weighted by Gasteiger charge is 2.33. The van der Waals surface area contributed by atoms with Crippen molar-refractivity contribution in [3.63, 3.8) is 0 Å². The first-order valence-corrected chi connectivity index (χ1v) is 6.55. The lowest BCUT2D eigenvalue weighted by molar-refractivity contribution is -0.539. The Bertz CT molecular complexity index is 294. The predicted molar refractivity (Wildman–Crippen MR) is 72.1 cm³/mol. The van der Waals surface area contributed by atoms with Crippen LogP contribution in [0.5, 0.6) is 0 Å². The molecule has 0 amide bonds. The molecule has 0 fully saturated rings. The molecular formula is C15H28N+. The molecule has 0 spiro atoms. The van der Waals surface area contributed by atoms with Gasteiger partial charge in [-0.15, -0.1) is 0 Å². The largest absolute Gasteiger partial charge is 0.202 e. The minimum absolute atomic E-state index is 0.191. The Morgan fingerprint density at radius 2 is 1.62 bits per heavy atom. The summed E-state index contributed by atoms with van der Waals surface area (Å²) in [7, 11) is 0. The Balaban J connectivity index is 3.24. The average Bonchev–Trinajstić information content (AvgIpc) is 1.96. The summed E-state index contributed by atoms with van der Waals surface area (Å²) in [4.78, 5) is 0. The second kappa shape index (κ2) is 4.73. The highest BCUT2D eigenvalue weighted by atomic mass is 15.1. The summed E-state index contributed by atoms with van der Waals surface area (Å²) in [5, 5.41) is 0. The number of allylic oxidation sites excluding steroid dienone is 1. The quantitative estimate of drug-likeness (QED) is 0.535. The first-order valence-electron chi connectivity index (χ1n) is 6.55. The van der Waals surface area contributed by atoms with Gasteiger partial charge in [-0.1, -0.05) is 20.8 Å². The Morgan fingerprint density at radius 3 is 2.12 bits per heavy atom. The molecule has 0 bridgehead atoms. The van der Waals surface area contributed by atoms with Crippen molar-refractivity contribution in [1.82, 2.24) is 0 Å². The second-order valence-corrected chi connectivity index (χ2v) is 6.87. The number of nitrogens with zero attached hydrogens (tertiary/aromatic N) is 1. The van der Waals surface area contributed by atoms with Gasteiger partial charge in [0.25, 0.3) is 0 Å². The molecule has 0 atom stereocenters. The summed E-state index contributed by atoms with van der Waals surface area (Å²) in [6.45, 7) is 13.9. The summed E-state index contributed by atoms with van der Waals surface area (Å²) in [5.41, 5.74) is 2.04. The van der Waals surface area contributed by atoms with Gasteiger partial charge in [-0.05, 0) is 25.3 Å². The van der Waals surface area contributed by atoms with E-state index in [9.17, 15) is 0 Å². The SMILES string of the molecule is CC(C)(C)/C1=[N+](C(C)(C)C)/C=C\CCCC1. The zero-order valence-electron chi connectivity index (χ0n) is 11.9. The minimum atomic E-state index is 0.191. The molecular weight excluding hydrogens is 194 g/mol. The molecule has 0 N–H and O–H groups in total. The van der Waals surface area contributed by atoms with Gasteiger partial charge in [-0.3, -0.25) is 0 Å². The summed E-state index contributed by atoms with van der Waals surface area (Å²) >= 11 is 0. The minimum Gasteiger partial charge on any atom is -0.202 e. The number of hydrogen-bond acceptors (Lipinski definition) is 0. The topological polar surface area (TPSA) is 3.01 Å². The number of hydrogen-bond donors (Lipinski definition) is 0. The van der Waals surface area contributed by atoms with Gasteiger partial charge < -0.3 is 0 Å². The van der Waals surface area contributed by atoms with E-state index < -0.39 is 0 Å². The Hall–Kier alpha value is -0.590. The van der Waals surface area contributed by atoms with Crippen LogP contribution in [-0.4, -0.2) is 15.8 Å². The maximum absolute atomic E-state index is 2.49. The molecule has 1 aliphatic heterocycles. The van der Waals surface area contributed by atoms with Gasteiger partial charge >= 0.3 is 0 Å². The van der Waals surface area contributed by atoms with Crippen LogP contribution >= 0.6 is 0 Å². The van der Waals surface area contributed by atoms with Crippen molar-refractivity contribution in [1.29, 1.82) is 0 Å². The van der Waals surface area contributed by atoms with Crippen LogP contribution in [0.4, 0.5) is 0 Å². The van der Waals surface area contributed by atoms with E-state index >= 15 is 0 Å². The standard InChI is InChI=1S/C15H28N/c1-14(2,3)13-11-9-7-8-10-12-16(13)15(4,5)6/h10,12H,7-9,11H2,1-6H3/q+1/b12-10-,16-13-. The Kier molecular flexibility index (Phi) is 3.98. The van der Waals surface area contributed by atoms with Crippen LogP contribution in [0.25, 0.3) is 0 Å². The van der Waals surface area contributed by atoms with Crippen LogP contribution in [0, 0.1) is 5.41 Å². The summed E-state index contributed by atoms with van der Waals surface area (Å²) in [5.74, 6) is 0. The molecule has 0 aromatic carbocycles. The van der Waals surface area contributed by atoms with Crippen LogP contribution < -0.4 is 0 Å². The van der Waals surface area contributed by atoms with Crippen molar-refractivity contribution < 1.29 is 4.58 Å². The van der Waals surface area contributed by atoms with E-state index in [-0.39, 0.29) is 11.0 Å². The summed E-state index contributed by atoms with van der Waals surface area (Å²) < 4.78 is 2.49. The molecule has 0 aliphatic carbocycles. The van der Waals surface area contributed by atoms with Crippen molar-refractivity contribution in [3.05, 3.63) is 12.3 Å². The highest BCUT2D eigenvalue weighted by Crippen LogP contribution is 2.25. The van der Waals surface area contributed by atoms with E-state index in [0.29, 0.717) is 0 Å². The predicted octanol–water partition coefficient (Wildman–Crippen LogP) is 4.37. The van der Waals surface area contributed by atoms with Gasteiger partial charge in [0.2, 0.25) is 0 Å². The maximum atomic E-state index is 2.49. The second-order valence-electron chi connectivity index (χ2n) is 6.87. The molecule has 1 rings (SSSR count). The fourth-order valence-corrected chi connectivity index (χ4v) is 2.31. The van der Waals surface area contributed by atoms with Crippen LogP contribution in [0.1, 0.15) is 67.2 Å². The number of rotatable bonds is 0. The van der Waals surface area contributed by atoms with Gasteiger partial charge in [0, 0.05) is 32.6 Å². The van der Waals surface area contributed by atoms with Crippen molar-refractivity contribution in [2.75, 3.05) is 0 Å². The zero-order chi connectivity index (χ0) is 12.4. The molecule has 1 nitrogen and oxygen atoms in total. The lowest BCUT2D eigenvalue weighted by Gasteiger charge is -2.26. The lowest BCUT2D eigenvalue weighted by atomic mass is 9.84. The third-order valence-electron chi connectivity index (χ3n) is 3.17. The van der Waals surface area contributed by atoms with Gasteiger partial charge in [0.15, 0.2) is 17.5 Å². The molecule has 0 saturated heterocycles. The first kappa shape index (κ1) is 13.5. The van der Waals surface area contributed by atoms with Crippen LogP contribution in [0.15, 0.2) is 12.3 Å². The maximum Gasteiger partial charge on any atom is 0.165 e. The van der Waals surface area contributed by atoms with Crippen molar-refractivity contribution in [3.8, 4) is 0 Å². The van der Waals surface area contributed by atoms with Crippen LogP contribution in [0.2, 0.25) is 0 Å². The molecule has 0 radical (unpaired) electrons. The molecule has 92 valence electrons. The van der Waals surface area contributed by atoms with Gasteiger partial charge in [0.05, 0.1) is 0 Å². The van der Waals surface area contributed by atoms with E-state index in [1.807, 2.05) is 0 Å². The lowest BCUT2D eigenvalue weighted by Crippen LogP contribution is -2.39. The van der Waals surface area contributed by atoms with E-state index in [1.165, 1.54) is 25.7 Å². The Morgan fingerprint density at radius 1 is 1.00 bits per heavy atom. The molecule has 0 aromatic heterocycles. The van der Waals surface area contributed by atoms with Crippen molar-refractivity contribution in [2.45, 2.75) is 72.8 Å². The molecule has 0 saturated carbocycles. The smallest absolute Gasteiger partial charge is 0.165 e. The van der Waals surface area contributed by atoms with E-state index in [4.69, 9.17) is 0 Å². The average molecular weight is 222 g/mol. The molecule has 1 heterocycles. The third kappa shape index (κ3) is 3.47. The van der Waals surface area contributed by atoms with Crippen LogP contribution in [0.3, 0.4) is 0 Å². The first-order chi connectivity index (χ1) is 7.23. The van der Waals surface area contributed by atoms with Crippen molar-refractivity contribution >= 4 is 5.71 Å². The molecule has 0 unspecified atom stereocenters. The summed E-state index contributed by atoms with van der Waals surface area (Å²) in [6.07, 6.45) is 9.75. The fourth-order valence-electron chi connectivity index (χ4n) is 2.31. The zero-order valence-corrected chi connectivity index (χ0v) is 11.9. The van der Waals surface area contributed by atoms with Crippen LogP contribution in [-0.2, 0) is 0 Å². The molecule has 1 aliphatic rings.